The van der Waals surface area contributed by atoms with Gasteiger partial charge in [0.05, 0.1) is 0 Å². The molecule has 5 nitrogen and oxygen atoms in total. The summed E-state index contributed by atoms with van der Waals surface area (Å²) >= 11 is 0. The Morgan fingerprint density at radius 1 is 1.28 bits per heavy atom. The summed E-state index contributed by atoms with van der Waals surface area (Å²) in [6, 6.07) is 0. The minimum atomic E-state index is -1.10. The van der Waals surface area contributed by atoms with Gasteiger partial charge in [0, 0.05) is 39.3 Å². The quantitative estimate of drug-likeness (QED) is 0.723. The van der Waals surface area contributed by atoms with E-state index in [1.165, 1.54) is 0 Å². The van der Waals surface area contributed by atoms with Crippen molar-refractivity contribution < 1.29 is 9.90 Å². The summed E-state index contributed by atoms with van der Waals surface area (Å²) in [5.74, 6) is -0.211. The third-order valence-electron chi connectivity index (χ3n) is 3.52. The standard InChI is InChI=1S/C13H27N3O2/c1-11(2)10-16-8-6-15(7-9-16)5-4-13(3,14)12(17)18/h11H,4-10,14H2,1-3H3,(H,17,18). The molecule has 1 saturated heterocycles. The largest absolute Gasteiger partial charge is 0.480 e. The number of carboxylic acids is 1. The van der Waals surface area contributed by atoms with E-state index in [1.807, 2.05) is 0 Å². The summed E-state index contributed by atoms with van der Waals surface area (Å²) in [5.41, 5.74) is 4.63. The van der Waals surface area contributed by atoms with Gasteiger partial charge in [-0.2, -0.15) is 0 Å². The number of nitrogens with zero attached hydrogens (tertiary/aromatic N) is 2. The van der Waals surface area contributed by atoms with E-state index in [0.717, 1.165) is 39.3 Å². The predicted molar refractivity (Wildman–Crippen MR) is 72.6 cm³/mol. The van der Waals surface area contributed by atoms with Gasteiger partial charge in [-0.05, 0) is 19.3 Å². The van der Waals surface area contributed by atoms with Gasteiger partial charge >= 0.3 is 5.97 Å². The van der Waals surface area contributed by atoms with Gasteiger partial charge in [0.1, 0.15) is 5.54 Å². The van der Waals surface area contributed by atoms with E-state index in [2.05, 4.69) is 23.6 Å². The van der Waals surface area contributed by atoms with Crippen LogP contribution < -0.4 is 5.73 Å². The molecule has 1 unspecified atom stereocenters. The van der Waals surface area contributed by atoms with Crippen molar-refractivity contribution in [3.8, 4) is 0 Å². The first kappa shape index (κ1) is 15.4. The molecule has 1 atom stereocenters. The van der Waals surface area contributed by atoms with Crippen LogP contribution in [0.4, 0.5) is 0 Å². The first-order chi connectivity index (χ1) is 8.31. The van der Waals surface area contributed by atoms with Gasteiger partial charge in [-0.15, -0.1) is 0 Å². The fraction of sp³-hybridized carbons (Fsp3) is 0.923. The van der Waals surface area contributed by atoms with E-state index >= 15 is 0 Å². The lowest BCUT2D eigenvalue weighted by atomic mass is 9.99. The Morgan fingerprint density at radius 3 is 2.22 bits per heavy atom. The van der Waals surface area contributed by atoms with Crippen LogP contribution in [0.25, 0.3) is 0 Å². The van der Waals surface area contributed by atoms with Crippen LogP contribution in [-0.4, -0.2) is 65.7 Å². The molecule has 1 fully saturated rings. The SMILES string of the molecule is CC(C)CN1CCN(CCC(C)(N)C(=O)O)CC1. The number of piperazine rings is 1. The summed E-state index contributed by atoms with van der Waals surface area (Å²) in [4.78, 5) is 15.7. The molecular weight excluding hydrogens is 230 g/mol. The Hall–Kier alpha value is -0.650. The third-order valence-corrected chi connectivity index (χ3v) is 3.52. The Labute approximate surface area is 110 Å². The predicted octanol–water partition coefficient (Wildman–Crippen LogP) is 0.452. The first-order valence-electron chi connectivity index (χ1n) is 6.78. The van der Waals surface area contributed by atoms with E-state index in [-0.39, 0.29) is 0 Å². The number of hydrogen-bond donors (Lipinski definition) is 2. The number of nitrogens with two attached hydrogens (primary N) is 1. The van der Waals surface area contributed by atoms with Crippen molar-refractivity contribution in [1.29, 1.82) is 0 Å². The molecule has 5 heteroatoms. The number of aliphatic carboxylic acids is 1. The van der Waals surface area contributed by atoms with Crippen molar-refractivity contribution in [2.45, 2.75) is 32.7 Å². The van der Waals surface area contributed by atoms with Crippen molar-refractivity contribution >= 4 is 5.97 Å². The molecule has 18 heavy (non-hydrogen) atoms. The molecule has 1 aliphatic heterocycles. The minimum Gasteiger partial charge on any atom is -0.480 e. The van der Waals surface area contributed by atoms with Crippen LogP contribution in [0.2, 0.25) is 0 Å². The van der Waals surface area contributed by atoms with E-state index in [4.69, 9.17) is 10.8 Å². The molecule has 1 rings (SSSR count). The molecule has 0 saturated carbocycles. The van der Waals surface area contributed by atoms with Gasteiger partial charge < -0.3 is 20.6 Å². The summed E-state index contributed by atoms with van der Waals surface area (Å²) in [5, 5.41) is 8.96. The molecule has 0 spiro atoms. The van der Waals surface area contributed by atoms with Gasteiger partial charge in [0.25, 0.3) is 0 Å². The van der Waals surface area contributed by atoms with Gasteiger partial charge in [-0.25, -0.2) is 0 Å². The fourth-order valence-corrected chi connectivity index (χ4v) is 2.21. The molecule has 0 aromatic heterocycles. The van der Waals surface area contributed by atoms with E-state index in [9.17, 15) is 4.79 Å². The molecule has 0 aromatic carbocycles. The lowest BCUT2D eigenvalue weighted by Gasteiger charge is -2.36. The summed E-state index contributed by atoms with van der Waals surface area (Å²) < 4.78 is 0. The molecule has 3 N–H and O–H groups in total. The molecule has 0 radical (unpaired) electrons. The first-order valence-corrected chi connectivity index (χ1v) is 6.78. The molecule has 1 aliphatic rings. The second kappa shape index (κ2) is 6.50. The highest BCUT2D eigenvalue weighted by molar-refractivity contribution is 5.77. The number of carboxylic acid groups (broad SMARTS) is 1. The molecular formula is C13H27N3O2. The zero-order valence-electron chi connectivity index (χ0n) is 11.9. The van der Waals surface area contributed by atoms with Gasteiger partial charge in [-0.1, -0.05) is 13.8 Å². The van der Waals surface area contributed by atoms with Crippen molar-refractivity contribution in [3.05, 3.63) is 0 Å². The zero-order chi connectivity index (χ0) is 13.8. The molecule has 0 aliphatic carbocycles. The second-order valence-electron chi connectivity index (χ2n) is 6.01. The summed E-state index contributed by atoms with van der Waals surface area (Å²) in [7, 11) is 0. The smallest absolute Gasteiger partial charge is 0.323 e. The number of rotatable bonds is 6. The van der Waals surface area contributed by atoms with Crippen molar-refractivity contribution in [1.82, 2.24) is 9.80 Å². The third kappa shape index (κ3) is 4.92. The highest BCUT2D eigenvalue weighted by Gasteiger charge is 2.28. The maximum atomic E-state index is 10.9. The highest BCUT2D eigenvalue weighted by Crippen LogP contribution is 2.10. The van der Waals surface area contributed by atoms with Gasteiger partial charge in [0.15, 0.2) is 0 Å². The monoisotopic (exact) mass is 257 g/mol. The van der Waals surface area contributed by atoms with Crippen LogP contribution in [0.15, 0.2) is 0 Å². The maximum absolute atomic E-state index is 10.9. The van der Waals surface area contributed by atoms with Crippen molar-refractivity contribution in [2.24, 2.45) is 11.7 Å². The van der Waals surface area contributed by atoms with E-state index in [1.54, 1.807) is 6.92 Å². The minimum absolute atomic E-state index is 0.506. The second-order valence-corrected chi connectivity index (χ2v) is 6.01. The Kier molecular flexibility index (Phi) is 5.56. The van der Waals surface area contributed by atoms with Crippen LogP contribution in [0.5, 0.6) is 0 Å². The average molecular weight is 257 g/mol. The Bertz CT molecular complexity index is 271. The highest BCUT2D eigenvalue weighted by atomic mass is 16.4. The van der Waals surface area contributed by atoms with Gasteiger partial charge in [-0.3, -0.25) is 4.79 Å². The van der Waals surface area contributed by atoms with E-state index in [0.29, 0.717) is 12.3 Å². The lowest BCUT2D eigenvalue weighted by molar-refractivity contribution is -0.143. The van der Waals surface area contributed by atoms with Crippen LogP contribution >= 0.6 is 0 Å². The molecule has 0 bridgehead atoms. The summed E-state index contributed by atoms with van der Waals surface area (Å²) in [6.45, 7) is 12.2. The zero-order valence-corrected chi connectivity index (χ0v) is 11.9. The fourth-order valence-electron chi connectivity index (χ4n) is 2.21. The van der Waals surface area contributed by atoms with Crippen LogP contribution in [-0.2, 0) is 4.79 Å². The van der Waals surface area contributed by atoms with E-state index < -0.39 is 11.5 Å². The Balaban J connectivity index is 2.26. The molecule has 106 valence electrons. The molecule has 0 amide bonds. The molecule has 0 aromatic rings. The Morgan fingerprint density at radius 2 is 1.78 bits per heavy atom. The lowest BCUT2D eigenvalue weighted by Crippen LogP contribution is -2.51. The van der Waals surface area contributed by atoms with Gasteiger partial charge in [0.2, 0.25) is 0 Å². The average Bonchev–Trinajstić information content (AvgIpc) is 2.27. The normalized spacial score (nSPS) is 22.1. The number of hydrogen-bond acceptors (Lipinski definition) is 4. The van der Waals surface area contributed by atoms with Crippen molar-refractivity contribution in [2.75, 3.05) is 39.3 Å². The number of carbonyl (C=O) groups is 1. The van der Waals surface area contributed by atoms with Crippen LogP contribution in [0.3, 0.4) is 0 Å². The van der Waals surface area contributed by atoms with Crippen LogP contribution in [0.1, 0.15) is 27.2 Å². The topological polar surface area (TPSA) is 69.8 Å². The maximum Gasteiger partial charge on any atom is 0.323 e. The van der Waals surface area contributed by atoms with Crippen molar-refractivity contribution in [3.63, 3.8) is 0 Å². The molecule has 1 heterocycles. The van der Waals surface area contributed by atoms with Crippen LogP contribution in [0, 0.1) is 5.92 Å². The summed E-state index contributed by atoms with van der Waals surface area (Å²) in [6.07, 6.45) is 0.506.